The number of nitrogens with one attached hydrogen (secondary N) is 2. The third-order valence-corrected chi connectivity index (χ3v) is 7.96. The van der Waals surface area contributed by atoms with Crippen molar-refractivity contribution in [3.63, 3.8) is 0 Å². The molecule has 0 radical (unpaired) electrons. The number of nitrogens with zero attached hydrogens (tertiary/aromatic N) is 2. The van der Waals surface area contributed by atoms with Crippen LogP contribution in [0, 0.1) is 11.8 Å². The molecule has 41 heavy (non-hydrogen) atoms. The van der Waals surface area contributed by atoms with E-state index in [4.69, 9.17) is 4.74 Å². The summed E-state index contributed by atoms with van der Waals surface area (Å²) in [5.41, 5.74) is 2.00. The van der Waals surface area contributed by atoms with Crippen molar-refractivity contribution in [2.24, 2.45) is 11.8 Å². The Hall–Kier alpha value is -4.11. The van der Waals surface area contributed by atoms with Gasteiger partial charge in [-0.25, -0.2) is 4.79 Å². The van der Waals surface area contributed by atoms with Crippen LogP contribution in [0.5, 0.6) is 5.75 Å². The number of benzene rings is 3. The maximum absolute atomic E-state index is 13.4. The molecule has 0 saturated heterocycles. The monoisotopic (exact) mass is 558 g/mol. The molecule has 216 valence electrons. The van der Waals surface area contributed by atoms with Gasteiger partial charge in [-0.15, -0.1) is 0 Å². The highest BCUT2D eigenvalue weighted by atomic mass is 16.5. The molecule has 2 aliphatic rings. The van der Waals surface area contributed by atoms with E-state index < -0.39 is 6.10 Å². The fourth-order valence-electron chi connectivity index (χ4n) is 5.21. The lowest BCUT2D eigenvalue weighted by Crippen LogP contribution is -2.48. The fourth-order valence-corrected chi connectivity index (χ4v) is 5.21. The van der Waals surface area contributed by atoms with E-state index in [1.54, 1.807) is 35.0 Å². The smallest absolute Gasteiger partial charge is 0.321 e. The van der Waals surface area contributed by atoms with Crippen LogP contribution in [-0.2, 0) is 16.0 Å². The molecule has 1 heterocycles. The van der Waals surface area contributed by atoms with Crippen LogP contribution in [0.3, 0.4) is 0 Å². The highest BCUT2D eigenvalue weighted by molar-refractivity contribution is 6.01. The number of rotatable bonds is 7. The van der Waals surface area contributed by atoms with E-state index in [0.717, 1.165) is 29.3 Å². The zero-order valence-electron chi connectivity index (χ0n) is 23.8. The Morgan fingerprint density at radius 1 is 1.10 bits per heavy atom. The Labute approximate surface area is 240 Å². The normalized spacial score (nSPS) is 19.7. The average Bonchev–Trinajstić information content (AvgIpc) is 3.81. The van der Waals surface area contributed by atoms with Gasteiger partial charge >= 0.3 is 6.03 Å². The van der Waals surface area contributed by atoms with Crippen LogP contribution in [0.25, 0.3) is 10.8 Å². The van der Waals surface area contributed by atoms with Gasteiger partial charge in [0.25, 0.3) is 0 Å². The fraction of sp³-hybridized carbons (Fsp3) is 0.406. The van der Waals surface area contributed by atoms with Gasteiger partial charge in [-0.1, -0.05) is 43.3 Å². The highest BCUT2D eigenvalue weighted by Gasteiger charge is 2.33. The zero-order chi connectivity index (χ0) is 29.1. The Bertz CT molecular complexity index is 1430. The van der Waals surface area contributed by atoms with E-state index in [0.29, 0.717) is 23.5 Å². The molecule has 3 N–H and O–H groups in total. The number of likely N-dealkylation sites (N-methyl/N-ethyl adjacent to an activating group) is 1. The first kappa shape index (κ1) is 28.4. The van der Waals surface area contributed by atoms with Gasteiger partial charge in [-0.2, -0.15) is 0 Å². The first-order valence-electron chi connectivity index (χ1n) is 14.2. The SMILES string of the molecule is C[C@H]1CN([C@@H](C)CO)C(=O)Cc2cc(NC(=O)C3CC3)ccc2O[C@@H]1CN(C)C(=O)Nc1cccc2ccccc12. The number of anilines is 2. The summed E-state index contributed by atoms with van der Waals surface area (Å²) < 4.78 is 6.52. The molecule has 1 saturated carbocycles. The number of ether oxygens (including phenoxy) is 1. The van der Waals surface area contributed by atoms with Crippen LogP contribution in [0.15, 0.2) is 60.7 Å². The Morgan fingerprint density at radius 2 is 1.85 bits per heavy atom. The molecule has 5 rings (SSSR count). The molecule has 3 atom stereocenters. The summed E-state index contributed by atoms with van der Waals surface area (Å²) >= 11 is 0. The molecule has 1 aliphatic heterocycles. The lowest BCUT2D eigenvalue weighted by atomic mass is 10.0. The van der Waals surface area contributed by atoms with Gasteiger partial charge in [0.2, 0.25) is 11.8 Å². The lowest BCUT2D eigenvalue weighted by molar-refractivity contribution is -0.134. The van der Waals surface area contributed by atoms with Gasteiger partial charge in [-0.05, 0) is 49.4 Å². The van der Waals surface area contributed by atoms with Crippen molar-refractivity contribution in [3.8, 4) is 5.75 Å². The van der Waals surface area contributed by atoms with E-state index in [1.165, 1.54) is 0 Å². The lowest BCUT2D eigenvalue weighted by Gasteiger charge is -2.34. The number of amides is 4. The summed E-state index contributed by atoms with van der Waals surface area (Å²) in [5.74, 6) is 0.305. The third kappa shape index (κ3) is 6.62. The molecule has 9 nitrogen and oxygen atoms in total. The molecule has 1 aliphatic carbocycles. The molecule has 0 aromatic heterocycles. The number of aliphatic hydroxyl groups is 1. The summed E-state index contributed by atoms with van der Waals surface area (Å²) in [7, 11) is 1.72. The van der Waals surface area contributed by atoms with E-state index >= 15 is 0 Å². The van der Waals surface area contributed by atoms with E-state index in [2.05, 4.69) is 10.6 Å². The van der Waals surface area contributed by atoms with Gasteiger partial charge in [-0.3, -0.25) is 9.59 Å². The van der Waals surface area contributed by atoms with E-state index in [9.17, 15) is 19.5 Å². The second-order valence-corrected chi connectivity index (χ2v) is 11.3. The molecule has 3 aromatic carbocycles. The number of fused-ring (bicyclic) bond motifs is 2. The number of carbonyl (C=O) groups is 3. The van der Waals surface area contributed by atoms with Crippen molar-refractivity contribution in [2.75, 3.05) is 37.4 Å². The maximum atomic E-state index is 13.4. The molecular formula is C32H38N4O5. The zero-order valence-corrected chi connectivity index (χ0v) is 23.8. The van der Waals surface area contributed by atoms with Crippen LogP contribution in [0.2, 0.25) is 0 Å². The van der Waals surface area contributed by atoms with Crippen LogP contribution >= 0.6 is 0 Å². The standard InChI is InChI=1S/C32H38N4O5/c1-20-17-36(21(2)19-37)30(38)16-24-15-25(33-31(39)23-11-12-23)13-14-28(24)41-29(20)18-35(3)32(40)34-27-10-6-8-22-7-4-5-9-26(22)27/h4-10,13-15,20-21,23,29,37H,11-12,16-19H2,1-3H3,(H,33,39)(H,34,40)/t20-,21-,29+/m0/s1. The van der Waals surface area contributed by atoms with Crippen molar-refractivity contribution in [2.45, 2.75) is 45.3 Å². The predicted molar refractivity (Wildman–Crippen MR) is 159 cm³/mol. The molecular weight excluding hydrogens is 520 g/mol. The third-order valence-electron chi connectivity index (χ3n) is 7.96. The topological polar surface area (TPSA) is 111 Å². The van der Waals surface area contributed by atoms with Crippen LogP contribution in [0.4, 0.5) is 16.2 Å². The number of urea groups is 1. The van der Waals surface area contributed by atoms with Crippen molar-refractivity contribution < 1.29 is 24.2 Å². The minimum atomic E-state index is -0.441. The Balaban J connectivity index is 1.38. The molecule has 4 amide bonds. The minimum Gasteiger partial charge on any atom is -0.488 e. The van der Waals surface area contributed by atoms with E-state index in [-0.39, 0.29) is 55.3 Å². The van der Waals surface area contributed by atoms with Crippen LogP contribution in [0.1, 0.15) is 32.3 Å². The highest BCUT2D eigenvalue weighted by Crippen LogP contribution is 2.33. The van der Waals surface area contributed by atoms with Crippen molar-refractivity contribution in [1.82, 2.24) is 9.80 Å². The first-order valence-corrected chi connectivity index (χ1v) is 14.2. The minimum absolute atomic E-state index is 0.0129. The summed E-state index contributed by atoms with van der Waals surface area (Å²) in [6.07, 6.45) is 1.42. The van der Waals surface area contributed by atoms with Gasteiger partial charge < -0.3 is 30.3 Å². The average molecular weight is 559 g/mol. The van der Waals surface area contributed by atoms with Crippen LogP contribution < -0.4 is 15.4 Å². The molecule has 1 fully saturated rings. The summed E-state index contributed by atoms with van der Waals surface area (Å²) in [4.78, 5) is 42.4. The second kappa shape index (κ2) is 12.2. The van der Waals surface area contributed by atoms with Gasteiger partial charge in [0, 0.05) is 42.1 Å². The largest absolute Gasteiger partial charge is 0.488 e. The van der Waals surface area contributed by atoms with Crippen molar-refractivity contribution in [1.29, 1.82) is 0 Å². The summed E-state index contributed by atoms with van der Waals surface area (Å²) in [6.45, 7) is 4.27. The van der Waals surface area contributed by atoms with Gasteiger partial charge in [0.05, 0.1) is 31.3 Å². The number of aliphatic hydroxyl groups excluding tert-OH is 1. The number of carbonyl (C=O) groups excluding carboxylic acids is 3. The Kier molecular flexibility index (Phi) is 8.44. The van der Waals surface area contributed by atoms with Crippen molar-refractivity contribution >= 4 is 40.0 Å². The molecule has 0 bridgehead atoms. The summed E-state index contributed by atoms with van der Waals surface area (Å²) in [5, 5.41) is 17.8. The van der Waals surface area contributed by atoms with Crippen molar-refractivity contribution in [3.05, 3.63) is 66.2 Å². The van der Waals surface area contributed by atoms with Gasteiger partial charge in [0.1, 0.15) is 11.9 Å². The maximum Gasteiger partial charge on any atom is 0.321 e. The quantitative estimate of drug-likeness (QED) is 0.396. The predicted octanol–water partition coefficient (Wildman–Crippen LogP) is 4.50. The summed E-state index contributed by atoms with van der Waals surface area (Å²) in [6, 6.07) is 18.4. The molecule has 3 aromatic rings. The van der Waals surface area contributed by atoms with E-state index in [1.807, 2.05) is 56.3 Å². The first-order chi connectivity index (χ1) is 19.7. The van der Waals surface area contributed by atoms with Crippen LogP contribution in [-0.4, -0.2) is 71.6 Å². The van der Waals surface area contributed by atoms with Gasteiger partial charge in [0.15, 0.2) is 0 Å². The Morgan fingerprint density at radius 3 is 2.61 bits per heavy atom. The molecule has 0 spiro atoms. The second-order valence-electron chi connectivity index (χ2n) is 11.3. The molecule has 0 unspecified atom stereocenters. The number of hydrogen-bond acceptors (Lipinski definition) is 5. The molecule has 9 heteroatoms. The number of hydrogen-bond donors (Lipinski definition) is 3.